The van der Waals surface area contributed by atoms with Crippen LogP contribution in [-0.2, 0) is 24.4 Å². The van der Waals surface area contributed by atoms with Crippen LogP contribution in [0.1, 0.15) is 22.8 Å². The number of carbonyl (C=O) groups excluding carboxylic acids is 3. The lowest BCUT2D eigenvalue weighted by Crippen LogP contribution is -2.42. The maximum absolute atomic E-state index is 14.0. The van der Waals surface area contributed by atoms with Gasteiger partial charge in [-0.2, -0.15) is 0 Å². The second kappa shape index (κ2) is 11.6. The van der Waals surface area contributed by atoms with Gasteiger partial charge in [0.25, 0.3) is 5.91 Å². The van der Waals surface area contributed by atoms with Crippen LogP contribution in [0.15, 0.2) is 87.5 Å². The zero-order valence-corrected chi connectivity index (χ0v) is 28.1. The Balaban J connectivity index is 1.11. The van der Waals surface area contributed by atoms with E-state index >= 15 is 0 Å². The van der Waals surface area contributed by atoms with Crippen LogP contribution in [0, 0.1) is 29.6 Å². The first-order valence-electron chi connectivity index (χ1n) is 15.2. The number of para-hydroxylation sites is 1. The molecule has 8 rings (SSSR count). The number of hydrogen-bond acceptors (Lipinski definition) is 9. The number of imide groups is 1. The van der Waals surface area contributed by atoms with Crippen LogP contribution in [0.25, 0.3) is 0 Å². The molecule has 246 valence electrons. The predicted octanol–water partition coefficient (Wildman–Crippen LogP) is 4.43. The number of rotatable bonds is 7. The number of nitrogens with zero attached hydrogens (tertiary/aromatic N) is 1. The lowest BCUT2D eigenvalue weighted by atomic mass is 9.68. The summed E-state index contributed by atoms with van der Waals surface area (Å²) in [5.41, 5.74) is 1.62. The highest BCUT2D eigenvalue weighted by Crippen LogP contribution is 2.69. The topological polar surface area (TPSA) is 169 Å². The number of anilines is 2. The number of aromatic nitrogens is 1. The third-order valence-electron chi connectivity index (χ3n) is 9.87. The van der Waals surface area contributed by atoms with Gasteiger partial charge < -0.3 is 15.0 Å². The van der Waals surface area contributed by atoms with Gasteiger partial charge in [-0.25, -0.2) is 13.6 Å². The number of ether oxygens (including phenoxy) is 1. The van der Waals surface area contributed by atoms with E-state index in [1.54, 1.807) is 42.1 Å². The molecule has 1 aromatic heterocycles. The lowest BCUT2D eigenvalue weighted by molar-refractivity contribution is -0.123. The van der Waals surface area contributed by atoms with E-state index in [2.05, 4.69) is 10.3 Å². The molecule has 2 aliphatic carbocycles. The van der Waals surface area contributed by atoms with Crippen LogP contribution in [0.2, 0.25) is 5.02 Å². The molecule has 7 atom stereocenters. The van der Waals surface area contributed by atoms with E-state index in [0.717, 1.165) is 27.7 Å². The van der Waals surface area contributed by atoms with Crippen molar-refractivity contribution < 1.29 is 27.5 Å². The van der Waals surface area contributed by atoms with Crippen molar-refractivity contribution in [2.45, 2.75) is 27.5 Å². The summed E-state index contributed by atoms with van der Waals surface area (Å²) in [5, 5.41) is 8.99. The summed E-state index contributed by atoms with van der Waals surface area (Å²) >= 11 is 9.25. The summed E-state index contributed by atoms with van der Waals surface area (Å²) in [6, 6.07) is 19.6. The largest absolute Gasteiger partial charge is 0.483 e. The molecule has 0 radical (unpaired) electrons. The van der Waals surface area contributed by atoms with Crippen molar-refractivity contribution in [3.63, 3.8) is 0 Å². The van der Waals surface area contributed by atoms with Crippen molar-refractivity contribution in [1.29, 1.82) is 0 Å². The Morgan fingerprint density at radius 3 is 2.42 bits per heavy atom. The molecule has 4 unspecified atom stereocenters. The molecule has 2 bridgehead atoms. The van der Waals surface area contributed by atoms with E-state index in [4.69, 9.17) is 21.5 Å². The minimum atomic E-state index is -3.88. The first-order valence-corrected chi connectivity index (χ1v) is 18.8. The molecule has 48 heavy (non-hydrogen) atoms. The van der Waals surface area contributed by atoms with Crippen LogP contribution in [0.3, 0.4) is 0 Å². The third kappa shape index (κ3) is 5.08. The summed E-state index contributed by atoms with van der Waals surface area (Å²) in [4.78, 5) is 58.3. The molecule has 15 heteroatoms. The molecule has 3 aromatic carbocycles. The van der Waals surface area contributed by atoms with Crippen LogP contribution in [0.4, 0.5) is 11.4 Å². The van der Waals surface area contributed by atoms with Gasteiger partial charge in [0, 0.05) is 32.3 Å². The van der Waals surface area contributed by atoms with Crippen LogP contribution in [-0.4, -0.2) is 43.0 Å². The summed E-state index contributed by atoms with van der Waals surface area (Å²) in [6.07, 6.45) is 0.719. The van der Waals surface area contributed by atoms with Gasteiger partial charge in [-0.15, -0.1) is 11.8 Å². The number of carbonyl (C=O) groups is 3. The summed E-state index contributed by atoms with van der Waals surface area (Å²) in [7, 11) is -3.88. The van der Waals surface area contributed by atoms with E-state index < -0.39 is 27.8 Å². The Labute approximate surface area is 287 Å². The average molecular weight is 723 g/mol. The Morgan fingerprint density at radius 1 is 1.00 bits per heavy atom. The average Bonchev–Trinajstić information content (AvgIpc) is 3.79. The zero-order valence-electron chi connectivity index (χ0n) is 24.9. The Hall–Kier alpha value is -3.95. The molecule has 4 N–H and O–H groups in total. The molecule has 11 nitrogen and oxygen atoms in total. The number of amides is 3. The predicted molar refractivity (Wildman–Crippen MR) is 181 cm³/mol. The smallest absolute Gasteiger partial charge is 0.305 e. The third-order valence-corrected chi connectivity index (χ3v) is 13.6. The van der Waals surface area contributed by atoms with Crippen molar-refractivity contribution in [1.82, 2.24) is 4.98 Å². The second-order valence-corrected chi connectivity index (χ2v) is 16.6. The molecule has 3 heterocycles. The van der Waals surface area contributed by atoms with Crippen molar-refractivity contribution in [3.05, 3.63) is 97.9 Å². The number of H-pyrrole nitrogens is 1. The summed E-state index contributed by atoms with van der Waals surface area (Å²) in [5.74, 6) is -1.98. The summed E-state index contributed by atoms with van der Waals surface area (Å²) < 4.78 is 29.2. The number of nitrogens with one attached hydrogen (secondary N) is 2. The zero-order chi connectivity index (χ0) is 33.5. The molecule has 2 aliphatic heterocycles. The van der Waals surface area contributed by atoms with E-state index in [0.29, 0.717) is 27.7 Å². The van der Waals surface area contributed by atoms with Gasteiger partial charge in [0.05, 0.1) is 27.4 Å². The molecule has 4 aliphatic rings. The van der Waals surface area contributed by atoms with Crippen molar-refractivity contribution >= 4 is 73.8 Å². The lowest BCUT2D eigenvalue weighted by Gasteiger charge is -2.43. The fourth-order valence-corrected chi connectivity index (χ4v) is 11.7. The van der Waals surface area contributed by atoms with Gasteiger partial charge in [0.1, 0.15) is 5.75 Å². The molecule has 3 amide bonds. The van der Waals surface area contributed by atoms with E-state index in [1.807, 2.05) is 18.2 Å². The Bertz CT molecular complexity index is 2160. The van der Waals surface area contributed by atoms with Gasteiger partial charge in [0.15, 0.2) is 6.61 Å². The number of benzene rings is 3. The minimum absolute atomic E-state index is 0.0399. The standard InChI is InChI=1S/C33H27ClN4O7S3/c34-15-6-11-22(45-14-23(39)36-16-7-9-18(10-8-16)48(35,43)44)19(12-15)24-25-20-13-21(28(25)46-30-29(24)47-33(42)37-30)27-26(20)31(40)38(32(27)41)17-4-2-1-3-5-17/h1-12,20-21,24-28H,13-14H2,(H,36,39)(H,37,42)(H2,35,43,44)/t20-,21-,24-,25?,26?,27?,28?/m1/s1. The van der Waals surface area contributed by atoms with Crippen molar-refractivity contribution in [2.24, 2.45) is 34.7 Å². The number of thioether (sulfide) groups is 1. The van der Waals surface area contributed by atoms with Crippen molar-refractivity contribution in [3.8, 4) is 5.75 Å². The Kier molecular flexibility index (Phi) is 7.56. The molecule has 2 saturated carbocycles. The molecular weight excluding hydrogens is 696 g/mol. The number of hydrogen-bond donors (Lipinski definition) is 3. The number of halogens is 1. The number of aromatic amines is 1. The van der Waals surface area contributed by atoms with Gasteiger partial charge in [-0.3, -0.25) is 24.1 Å². The number of sulfonamides is 1. The quantitative estimate of drug-likeness (QED) is 0.236. The first kappa shape index (κ1) is 31.3. The highest BCUT2D eigenvalue weighted by molar-refractivity contribution is 8.00. The minimum Gasteiger partial charge on any atom is -0.483 e. The van der Waals surface area contributed by atoms with Crippen LogP contribution >= 0.6 is 34.7 Å². The summed E-state index contributed by atoms with van der Waals surface area (Å²) in [6.45, 7) is -0.368. The van der Waals surface area contributed by atoms with E-state index in [1.165, 1.54) is 29.2 Å². The SMILES string of the molecule is NS(=O)(=O)c1ccc(NC(=O)COc2ccc(Cl)cc2[C@H]2c3sc(=O)[nH]c3SC3C2[C@H]2C[C@@H]3C3C(=O)N(c4ccccc4)C(=O)C32)cc1. The number of fused-ring (bicyclic) bond motifs is 9. The monoisotopic (exact) mass is 722 g/mol. The van der Waals surface area contributed by atoms with Gasteiger partial charge in [-0.05, 0) is 78.8 Å². The Morgan fingerprint density at radius 2 is 1.71 bits per heavy atom. The fourth-order valence-electron chi connectivity index (χ4n) is 8.16. The maximum atomic E-state index is 14.0. The van der Waals surface area contributed by atoms with Crippen LogP contribution < -0.4 is 25.0 Å². The molecule has 1 saturated heterocycles. The highest BCUT2D eigenvalue weighted by atomic mass is 35.5. The molecule has 3 fully saturated rings. The normalized spacial score (nSPS) is 27.0. The molecular formula is C33H27ClN4O7S3. The first-order chi connectivity index (χ1) is 23.0. The maximum Gasteiger partial charge on any atom is 0.305 e. The fraction of sp³-hybridized carbons (Fsp3) is 0.273. The number of thiazole rings is 1. The number of nitrogens with two attached hydrogens (primary N) is 1. The van der Waals surface area contributed by atoms with Crippen molar-refractivity contribution in [2.75, 3.05) is 16.8 Å². The van der Waals surface area contributed by atoms with E-state index in [9.17, 15) is 27.6 Å². The molecule has 4 aromatic rings. The highest BCUT2D eigenvalue weighted by Gasteiger charge is 2.69. The molecule has 0 spiro atoms. The number of primary sulfonamides is 1. The van der Waals surface area contributed by atoms with Crippen LogP contribution in [0.5, 0.6) is 5.75 Å². The second-order valence-electron chi connectivity index (χ2n) is 12.4. The van der Waals surface area contributed by atoms with Gasteiger partial charge in [0.2, 0.25) is 21.8 Å². The van der Waals surface area contributed by atoms with E-state index in [-0.39, 0.29) is 57.1 Å². The van der Waals surface area contributed by atoms with Gasteiger partial charge >= 0.3 is 4.87 Å². The van der Waals surface area contributed by atoms with Gasteiger partial charge in [-0.1, -0.05) is 41.1 Å².